The lowest BCUT2D eigenvalue weighted by Gasteiger charge is -2.27. The molecular formula is C13H17ClN2O3. The quantitative estimate of drug-likeness (QED) is 0.892. The lowest BCUT2D eigenvalue weighted by molar-refractivity contribution is -0.138. The van der Waals surface area contributed by atoms with Crippen molar-refractivity contribution in [3.8, 4) is 0 Å². The lowest BCUT2D eigenvalue weighted by atomic mass is 10.1. The van der Waals surface area contributed by atoms with Crippen molar-refractivity contribution in [3.05, 3.63) is 34.9 Å². The summed E-state index contributed by atoms with van der Waals surface area (Å²) in [5, 5.41) is 11.7. The van der Waals surface area contributed by atoms with Crippen molar-refractivity contribution < 1.29 is 14.7 Å². The zero-order chi connectivity index (χ0) is 14.6. The number of carboxylic acid groups (broad SMARTS) is 1. The van der Waals surface area contributed by atoms with Crippen LogP contribution in [-0.2, 0) is 4.79 Å². The molecule has 2 amide bonds. The van der Waals surface area contributed by atoms with Crippen LogP contribution in [0, 0.1) is 0 Å². The molecule has 0 bridgehead atoms. The molecule has 0 radical (unpaired) electrons. The first-order valence-corrected chi connectivity index (χ1v) is 6.23. The maximum absolute atomic E-state index is 11.9. The van der Waals surface area contributed by atoms with Crippen molar-refractivity contribution in [3.63, 3.8) is 0 Å². The number of nitrogens with one attached hydrogen (secondary N) is 1. The van der Waals surface area contributed by atoms with Crippen LogP contribution >= 0.6 is 11.6 Å². The number of urea groups is 1. The number of aliphatic carboxylic acids is 1. The van der Waals surface area contributed by atoms with Gasteiger partial charge in [0, 0.05) is 12.1 Å². The Morgan fingerprint density at radius 1 is 1.32 bits per heavy atom. The monoisotopic (exact) mass is 284 g/mol. The molecule has 0 spiro atoms. The van der Waals surface area contributed by atoms with E-state index in [2.05, 4.69) is 5.32 Å². The van der Waals surface area contributed by atoms with E-state index in [1.54, 1.807) is 13.1 Å². The molecule has 6 heteroatoms. The van der Waals surface area contributed by atoms with E-state index in [9.17, 15) is 9.59 Å². The van der Waals surface area contributed by atoms with Crippen LogP contribution in [-0.4, -0.2) is 35.1 Å². The summed E-state index contributed by atoms with van der Waals surface area (Å²) in [6, 6.07) is 5.58. The van der Waals surface area contributed by atoms with Crippen molar-refractivity contribution in [1.82, 2.24) is 10.2 Å². The van der Waals surface area contributed by atoms with E-state index in [-0.39, 0.29) is 6.04 Å². The molecule has 0 aliphatic heterocycles. The Balaban J connectivity index is 2.77. The van der Waals surface area contributed by atoms with Crippen LogP contribution < -0.4 is 5.32 Å². The number of carboxylic acids is 1. The highest BCUT2D eigenvalue weighted by Gasteiger charge is 2.22. The highest BCUT2D eigenvalue weighted by Crippen LogP contribution is 2.26. The summed E-state index contributed by atoms with van der Waals surface area (Å²) in [4.78, 5) is 24.0. The molecule has 5 nitrogen and oxygen atoms in total. The zero-order valence-electron chi connectivity index (χ0n) is 11.1. The largest absolute Gasteiger partial charge is 0.480 e. The molecule has 0 fully saturated rings. The zero-order valence-corrected chi connectivity index (χ0v) is 11.8. The lowest BCUT2D eigenvalue weighted by Crippen LogP contribution is -2.45. The molecule has 1 aromatic rings. The second kappa shape index (κ2) is 6.43. The molecule has 0 aliphatic rings. The predicted molar refractivity (Wildman–Crippen MR) is 73.3 cm³/mol. The van der Waals surface area contributed by atoms with Crippen molar-refractivity contribution in [2.24, 2.45) is 0 Å². The van der Waals surface area contributed by atoms with Crippen LogP contribution in [0.4, 0.5) is 4.79 Å². The van der Waals surface area contributed by atoms with E-state index in [1.807, 2.05) is 25.1 Å². The Morgan fingerprint density at radius 3 is 2.42 bits per heavy atom. The number of hydrogen-bond acceptors (Lipinski definition) is 2. The smallest absolute Gasteiger partial charge is 0.325 e. The molecule has 1 aromatic carbocycles. The number of hydrogen-bond donors (Lipinski definition) is 2. The number of carbonyl (C=O) groups is 2. The van der Waals surface area contributed by atoms with Gasteiger partial charge in [-0.1, -0.05) is 29.8 Å². The Hall–Kier alpha value is -1.75. The molecule has 0 saturated carbocycles. The number of halogens is 1. The van der Waals surface area contributed by atoms with Gasteiger partial charge in [0.1, 0.15) is 6.04 Å². The van der Waals surface area contributed by atoms with Gasteiger partial charge in [-0.15, -0.1) is 0 Å². The van der Waals surface area contributed by atoms with Gasteiger partial charge in [-0.2, -0.15) is 0 Å². The van der Waals surface area contributed by atoms with Gasteiger partial charge in [-0.25, -0.2) is 4.79 Å². The van der Waals surface area contributed by atoms with Crippen molar-refractivity contribution in [2.45, 2.75) is 25.9 Å². The Bertz CT molecular complexity index is 479. The van der Waals surface area contributed by atoms with Gasteiger partial charge >= 0.3 is 12.0 Å². The number of nitrogens with zero attached hydrogens (tertiary/aromatic N) is 1. The van der Waals surface area contributed by atoms with Gasteiger partial charge in [-0.05, 0) is 25.5 Å². The van der Waals surface area contributed by atoms with E-state index >= 15 is 0 Å². The summed E-state index contributed by atoms with van der Waals surface area (Å²) >= 11 is 6.07. The maximum atomic E-state index is 11.9. The van der Waals surface area contributed by atoms with E-state index in [4.69, 9.17) is 16.7 Å². The Labute approximate surface area is 117 Å². The van der Waals surface area contributed by atoms with Gasteiger partial charge in [0.15, 0.2) is 0 Å². The van der Waals surface area contributed by atoms with Gasteiger partial charge in [0.25, 0.3) is 0 Å². The molecule has 2 atom stereocenters. The third kappa shape index (κ3) is 3.86. The van der Waals surface area contributed by atoms with E-state index in [0.29, 0.717) is 5.02 Å². The van der Waals surface area contributed by atoms with Crippen LogP contribution in [0.3, 0.4) is 0 Å². The van der Waals surface area contributed by atoms with E-state index in [0.717, 1.165) is 5.56 Å². The van der Waals surface area contributed by atoms with Crippen LogP contribution in [0.15, 0.2) is 24.3 Å². The van der Waals surface area contributed by atoms with Crippen molar-refractivity contribution >= 4 is 23.6 Å². The van der Waals surface area contributed by atoms with Gasteiger partial charge in [0.05, 0.1) is 6.04 Å². The molecule has 19 heavy (non-hydrogen) atoms. The minimum atomic E-state index is -1.08. The molecule has 0 heterocycles. The first-order chi connectivity index (χ1) is 8.84. The molecule has 0 aliphatic carbocycles. The Morgan fingerprint density at radius 2 is 1.89 bits per heavy atom. The molecule has 1 unspecified atom stereocenters. The van der Waals surface area contributed by atoms with Gasteiger partial charge < -0.3 is 15.3 Å². The molecule has 1 rings (SSSR count). The van der Waals surface area contributed by atoms with Crippen LogP contribution in [0.5, 0.6) is 0 Å². The predicted octanol–water partition coefficient (Wildman–Crippen LogP) is 2.52. The van der Waals surface area contributed by atoms with E-state index in [1.165, 1.54) is 11.8 Å². The summed E-state index contributed by atoms with van der Waals surface area (Å²) in [7, 11) is 1.60. The fourth-order valence-electron chi connectivity index (χ4n) is 1.55. The third-order valence-corrected chi connectivity index (χ3v) is 3.31. The highest BCUT2D eigenvalue weighted by atomic mass is 35.5. The second-order valence-corrected chi connectivity index (χ2v) is 4.73. The fraction of sp³-hybridized carbons (Fsp3) is 0.385. The highest BCUT2D eigenvalue weighted by molar-refractivity contribution is 6.31. The van der Waals surface area contributed by atoms with Gasteiger partial charge in [-0.3, -0.25) is 4.79 Å². The Kier molecular flexibility index (Phi) is 5.18. The standard InChI is InChI=1S/C13H17ClN2O3/c1-8(12(17)18)15-13(19)16(3)9(2)10-6-4-5-7-11(10)14/h4-9H,1-3H3,(H,15,19)(H,17,18)/t8-,9?/m1/s1. The normalized spacial score (nSPS) is 13.5. The third-order valence-electron chi connectivity index (χ3n) is 2.97. The van der Waals surface area contributed by atoms with Crippen molar-refractivity contribution in [1.29, 1.82) is 0 Å². The minimum absolute atomic E-state index is 0.255. The average molecular weight is 285 g/mol. The van der Waals surface area contributed by atoms with Crippen LogP contribution in [0.1, 0.15) is 25.5 Å². The summed E-state index contributed by atoms with van der Waals surface area (Å²) < 4.78 is 0. The molecule has 0 saturated heterocycles. The second-order valence-electron chi connectivity index (χ2n) is 4.32. The molecule has 0 aromatic heterocycles. The fourth-order valence-corrected chi connectivity index (χ4v) is 1.84. The topological polar surface area (TPSA) is 69.6 Å². The first kappa shape index (κ1) is 15.3. The summed E-state index contributed by atoms with van der Waals surface area (Å²) in [6.07, 6.45) is 0. The maximum Gasteiger partial charge on any atom is 0.325 e. The number of carbonyl (C=O) groups excluding carboxylic acids is 1. The number of amides is 2. The van der Waals surface area contributed by atoms with Crippen LogP contribution in [0.2, 0.25) is 5.02 Å². The first-order valence-electron chi connectivity index (χ1n) is 5.85. The van der Waals surface area contributed by atoms with E-state index < -0.39 is 18.0 Å². The molecule has 2 N–H and O–H groups in total. The average Bonchev–Trinajstić information content (AvgIpc) is 2.37. The molecular weight excluding hydrogens is 268 g/mol. The number of benzene rings is 1. The SMILES string of the molecule is CC(c1ccccc1Cl)N(C)C(=O)N[C@H](C)C(=O)O. The minimum Gasteiger partial charge on any atom is -0.480 e. The summed E-state index contributed by atoms with van der Waals surface area (Å²) in [5.41, 5.74) is 0.810. The number of rotatable bonds is 4. The van der Waals surface area contributed by atoms with Crippen LogP contribution in [0.25, 0.3) is 0 Å². The molecule has 104 valence electrons. The summed E-state index contributed by atoms with van der Waals surface area (Å²) in [5.74, 6) is -1.08. The van der Waals surface area contributed by atoms with Crippen molar-refractivity contribution in [2.75, 3.05) is 7.05 Å². The summed E-state index contributed by atoms with van der Waals surface area (Å²) in [6.45, 7) is 3.24. The van der Waals surface area contributed by atoms with Gasteiger partial charge in [0.2, 0.25) is 0 Å².